The number of nitrogens with one attached hydrogen (secondary N) is 1. The second-order valence-electron chi connectivity index (χ2n) is 5.60. The van der Waals surface area contributed by atoms with Crippen LogP contribution in [0.25, 0.3) is 0 Å². The van der Waals surface area contributed by atoms with Crippen molar-refractivity contribution in [2.75, 3.05) is 13.1 Å². The number of rotatable bonds is 7. The standard InChI is InChI=1S/C8H17NO.C5H13N.C3H6O2/c1-4-8(10)9-6-5-7(2)3;1-5(2)3-4-6;1-2-3(4)5/h7H,4-6H2,1-3H3,(H,9,10);5H,3-4,6H2,1-2H3;2H2,1H3,(H,4,5). The number of carboxylic acid groups (broad SMARTS) is 1. The first-order valence-corrected chi connectivity index (χ1v) is 7.89. The average Bonchev–Trinajstić information content (AvgIpc) is 2.39. The van der Waals surface area contributed by atoms with E-state index in [1.54, 1.807) is 6.92 Å². The number of amides is 1. The van der Waals surface area contributed by atoms with Crippen molar-refractivity contribution in [1.82, 2.24) is 5.32 Å². The highest BCUT2D eigenvalue weighted by molar-refractivity contribution is 5.75. The van der Waals surface area contributed by atoms with Crippen LogP contribution in [-0.2, 0) is 9.59 Å². The molecule has 1 amide bonds. The Bertz CT molecular complexity index is 242. The van der Waals surface area contributed by atoms with Gasteiger partial charge in [-0.05, 0) is 31.2 Å². The number of carbonyl (C=O) groups is 2. The number of hydrogen-bond acceptors (Lipinski definition) is 3. The fourth-order valence-corrected chi connectivity index (χ4v) is 0.959. The van der Waals surface area contributed by atoms with Crippen molar-refractivity contribution in [3.8, 4) is 0 Å². The van der Waals surface area contributed by atoms with Crippen LogP contribution in [0.2, 0.25) is 0 Å². The molecule has 0 saturated heterocycles. The molecule has 0 aliphatic rings. The van der Waals surface area contributed by atoms with E-state index in [0.717, 1.165) is 31.8 Å². The van der Waals surface area contributed by atoms with Crippen LogP contribution in [0.4, 0.5) is 0 Å². The van der Waals surface area contributed by atoms with Gasteiger partial charge in [0.15, 0.2) is 0 Å². The normalized spacial score (nSPS) is 9.38. The zero-order chi connectivity index (χ0) is 17.3. The lowest BCUT2D eigenvalue weighted by molar-refractivity contribution is -0.136. The molecule has 0 aromatic heterocycles. The Morgan fingerprint density at radius 2 is 1.43 bits per heavy atom. The smallest absolute Gasteiger partial charge is 0.303 e. The topological polar surface area (TPSA) is 92.4 Å². The van der Waals surface area contributed by atoms with E-state index in [-0.39, 0.29) is 12.3 Å². The Kier molecular flexibility index (Phi) is 22.4. The summed E-state index contributed by atoms with van der Waals surface area (Å²) in [5.41, 5.74) is 5.23. The zero-order valence-corrected chi connectivity index (χ0v) is 14.7. The van der Waals surface area contributed by atoms with Crippen LogP contribution in [0, 0.1) is 11.8 Å². The van der Waals surface area contributed by atoms with Crippen molar-refractivity contribution in [3.05, 3.63) is 0 Å². The second-order valence-corrected chi connectivity index (χ2v) is 5.60. The fourth-order valence-electron chi connectivity index (χ4n) is 0.959. The average molecular weight is 304 g/mol. The van der Waals surface area contributed by atoms with E-state index >= 15 is 0 Å². The molecule has 0 bridgehead atoms. The molecule has 0 aromatic rings. The molecule has 0 fully saturated rings. The lowest BCUT2D eigenvalue weighted by Crippen LogP contribution is -2.24. The molecular weight excluding hydrogens is 268 g/mol. The minimum Gasteiger partial charge on any atom is -0.481 e. The number of carbonyl (C=O) groups excluding carboxylic acids is 1. The van der Waals surface area contributed by atoms with Gasteiger partial charge in [0, 0.05) is 19.4 Å². The minimum absolute atomic E-state index is 0.153. The first kappa shape index (κ1) is 24.9. The first-order valence-electron chi connectivity index (χ1n) is 7.89. The third kappa shape index (κ3) is 38.1. The second kappa shape index (κ2) is 18.9. The minimum atomic E-state index is -0.745. The van der Waals surface area contributed by atoms with E-state index in [2.05, 4.69) is 33.0 Å². The van der Waals surface area contributed by atoms with E-state index in [1.807, 2.05) is 6.92 Å². The summed E-state index contributed by atoms with van der Waals surface area (Å²) in [5, 5.41) is 10.5. The predicted octanol–water partition coefficient (Wildman–Crippen LogP) is 3.03. The van der Waals surface area contributed by atoms with Gasteiger partial charge in [0.1, 0.15) is 0 Å². The highest BCUT2D eigenvalue weighted by atomic mass is 16.4. The van der Waals surface area contributed by atoms with Crippen LogP contribution in [-0.4, -0.2) is 30.1 Å². The first-order chi connectivity index (χ1) is 9.70. The molecule has 4 N–H and O–H groups in total. The molecular formula is C16H36N2O3. The van der Waals surface area contributed by atoms with Gasteiger partial charge in [-0.1, -0.05) is 41.5 Å². The molecule has 0 aliphatic heterocycles. The van der Waals surface area contributed by atoms with Crippen molar-refractivity contribution < 1.29 is 14.7 Å². The molecule has 0 rings (SSSR count). The van der Waals surface area contributed by atoms with Crippen LogP contribution in [0.3, 0.4) is 0 Å². The molecule has 128 valence electrons. The van der Waals surface area contributed by atoms with E-state index in [9.17, 15) is 9.59 Å². The van der Waals surface area contributed by atoms with Crippen LogP contribution in [0.5, 0.6) is 0 Å². The van der Waals surface area contributed by atoms with E-state index < -0.39 is 5.97 Å². The van der Waals surface area contributed by atoms with Crippen molar-refractivity contribution in [2.24, 2.45) is 17.6 Å². The molecule has 0 radical (unpaired) electrons. The zero-order valence-electron chi connectivity index (χ0n) is 14.7. The van der Waals surface area contributed by atoms with Gasteiger partial charge in [0.25, 0.3) is 0 Å². The van der Waals surface area contributed by atoms with Gasteiger partial charge >= 0.3 is 5.97 Å². The van der Waals surface area contributed by atoms with E-state index in [4.69, 9.17) is 10.8 Å². The Morgan fingerprint density at radius 1 is 1.00 bits per heavy atom. The van der Waals surface area contributed by atoms with Crippen molar-refractivity contribution >= 4 is 11.9 Å². The maximum atomic E-state index is 10.7. The van der Waals surface area contributed by atoms with Gasteiger partial charge in [-0.2, -0.15) is 0 Å². The summed E-state index contributed by atoms with van der Waals surface area (Å²) in [6.45, 7) is 13.8. The number of carboxylic acids is 1. The molecule has 0 heterocycles. The molecule has 5 heteroatoms. The highest BCUT2D eigenvalue weighted by Crippen LogP contribution is 1.96. The van der Waals surface area contributed by atoms with Gasteiger partial charge in [0.05, 0.1) is 0 Å². The molecule has 0 unspecified atom stereocenters. The van der Waals surface area contributed by atoms with Crippen LogP contribution in [0.15, 0.2) is 0 Å². The SMILES string of the molecule is CC(C)CCN.CCC(=O)NCCC(C)C.CCC(=O)O. The lowest BCUT2D eigenvalue weighted by atomic mass is 10.1. The van der Waals surface area contributed by atoms with Crippen LogP contribution < -0.4 is 11.1 Å². The van der Waals surface area contributed by atoms with Crippen molar-refractivity contribution in [2.45, 2.75) is 67.2 Å². The summed E-state index contributed by atoms with van der Waals surface area (Å²) in [4.78, 5) is 20.1. The van der Waals surface area contributed by atoms with Crippen molar-refractivity contribution in [3.63, 3.8) is 0 Å². The fraction of sp³-hybridized carbons (Fsp3) is 0.875. The lowest BCUT2D eigenvalue weighted by Gasteiger charge is -2.04. The summed E-state index contributed by atoms with van der Waals surface area (Å²) >= 11 is 0. The van der Waals surface area contributed by atoms with Gasteiger partial charge < -0.3 is 16.2 Å². The Labute approximate surface area is 130 Å². The third-order valence-electron chi connectivity index (χ3n) is 2.41. The summed E-state index contributed by atoms with van der Waals surface area (Å²) in [5.74, 6) is 0.859. The van der Waals surface area contributed by atoms with Gasteiger partial charge in [-0.3, -0.25) is 9.59 Å². The molecule has 5 nitrogen and oxygen atoms in total. The Balaban J connectivity index is -0.000000252. The maximum Gasteiger partial charge on any atom is 0.303 e. The third-order valence-corrected chi connectivity index (χ3v) is 2.41. The molecule has 0 aromatic carbocycles. The Hall–Kier alpha value is -1.10. The maximum absolute atomic E-state index is 10.7. The van der Waals surface area contributed by atoms with Crippen LogP contribution >= 0.6 is 0 Å². The van der Waals surface area contributed by atoms with Crippen molar-refractivity contribution in [1.29, 1.82) is 0 Å². The summed E-state index contributed by atoms with van der Waals surface area (Å²) < 4.78 is 0. The van der Waals surface area contributed by atoms with Gasteiger partial charge in [-0.15, -0.1) is 0 Å². The number of hydrogen-bond donors (Lipinski definition) is 3. The Morgan fingerprint density at radius 3 is 1.62 bits per heavy atom. The quantitative estimate of drug-likeness (QED) is 0.674. The summed E-state index contributed by atoms with van der Waals surface area (Å²) in [6.07, 6.45) is 3.05. The molecule has 0 spiro atoms. The van der Waals surface area contributed by atoms with Gasteiger partial charge in [-0.25, -0.2) is 0 Å². The van der Waals surface area contributed by atoms with Crippen LogP contribution in [0.1, 0.15) is 67.2 Å². The predicted molar refractivity (Wildman–Crippen MR) is 89.2 cm³/mol. The molecule has 21 heavy (non-hydrogen) atoms. The molecule has 0 saturated carbocycles. The molecule has 0 atom stereocenters. The van der Waals surface area contributed by atoms with Gasteiger partial charge in [0.2, 0.25) is 5.91 Å². The number of nitrogens with two attached hydrogens (primary N) is 1. The number of aliphatic carboxylic acids is 1. The highest BCUT2D eigenvalue weighted by Gasteiger charge is 1.96. The van der Waals surface area contributed by atoms with E-state index in [1.165, 1.54) is 0 Å². The molecule has 0 aliphatic carbocycles. The summed E-state index contributed by atoms with van der Waals surface area (Å²) in [6, 6.07) is 0. The largest absolute Gasteiger partial charge is 0.481 e. The summed E-state index contributed by atoms with van der Waals surface area (Å²) in [7, 11) is 0. The monoisotopic (exact) mass is 304 g/mol. The van der Waals surface area contributed by atoms with E-state index in [0.29, 0.717) is 12.3 Å².